The van der Waals surface area contributed by atoms with E-state index in [2.05, 4.69) is 10.1 Å². The summed E-state index contributed by atoms with van der Waals surface area (Å²) in [5.74, 6) is -1.64. The van der Waals surface area contributed by atoms with Gasteiger partial charge in [-0.2, -0.15) is 5.10 Å². The highest BCUT2D eigenvalue weighted by molar-refractivity contribution is 7.22. The molecular weight excluding hydrogens is 384 g/mol. The van der Waals surface area contributed by atoms with Gasteiger partial charge in [0.05, 0.1) is 10.4 Å². The van der Waals surface area contributed by atoms with Crippen LogP contribution in [-0.4, -0.2) is 52.8 Å². The average molecular weight is 407 g/mol. The predicted molar refractivity (Wildman–Crippen MR) is 107 cm³/mol. The SMILES string of the molecule is CCn1nc(C)cc1C(=O)N(CCCN(C)C)c1nc2c(F)cc(F)cc2s1. The van der Waals surface area contributed by atoms with E-state index in [4.69, 9.17) is 0 Å². The van der Waals surface area contributed by atoms with Gasteiger partial charge in [-0.3, -0.25) is 14.4 Å². The molecule has 0 aliphatic rings. The molecule has 0 unspecified atom stereocenters. The zero-order valence-corrected chi connectivity index (χ0v) is 17.2. The van der Waals surface area contributed by atoms with E-state index in [0.29, 0.717) is 35.0 Å². The molecule has 0 saturated heterocycles. The lowest BCUT2D eigenvalue weighted by Crippen LogP contribution is -2.34. The highest BCUT2D eigenvalue weighted by atomic mass is 32.1. The van der Waals surface area contributed by atoms with E-state index in [-0.39, 0.29) is 11.4 Å². The standard InChI is InChI=1S/C19H23F2N5OS/c1-5-26-15(9-12(2)23-26)18(27)25(8-6-7-24(3)4)19-22-17-14(21)10-13(20)11-16(17)28-19/h9-11H,5-8H2,1-4H3. The third kappa shape index (κ3) is 4.20. The smallest absolute Gasteiger partial charge is 0.278 e. The summed E-state index contributed by atoms with van der Waals surface area (Å²) in [7, 11) is 3.91. The van der Waals surface area contributed by atoms with Crippen LogP contribution in [0, 0.1) is 18.6 Å². The highest BCUT2D eigenvalue weighted by Crippen LogP contribution is 2.32. The number of hydrogen-bond donors (Lipinski definition) is 0. The summed E-state index contributed by atoms with van der Waals surface area (Å²) < 4.78 is 29.7. The van der Waals surface area contributed by atoms with E-state index in [1.165, 1.54) is 11.0 Å². The molecule has 0 N–H and O–H groups in total. The van der Waals surface area contributed by atoms with Crippen molar-refractivity contribution in [2.45, 2.75) is 26.8 Å². The summed E-state index contributed by atoms with van der Waals surface area (Å²) in [6.07, 6.45) is 0.713. The number of thiazole rings is 1. The van der Waals surface area contributed by atoms with Gasteiger partial charge in [-0.05, 0) is 53.0 Å². The molecule has 6 nitrogen and oxygen atoms in total. The molecule has 3 aromatic rings. The van der Waals surface area contributed by atoms with E-state index in [1.807, 2.05) is 32.8 Å². The third-order valence-corrected chi connectivity index (χ3v) is 5.31. The molecule has 0 aliphatic carbocycles. The third-order valence-electron chi connectivity index (χ3n) is 4.29. The fourth-order valence-corrected chi connectivity index (χ4v) is 4.02. The van der Waals surface area contributed by atoms with Crippen molar-refractivity contribution in [3.8, 4) is 0 Å². The monoisotopic (exact) mass is 407 g/mol. The highest BCUT2D eigenvalue weighted by Gasteiger charge is 2.25. The maximum atomic E-state index is 14.1. The van der Waals surface area contributed by atoms with Crippen LogP contribution in [0.2, 0.25) is 0 Å². The number of rotatable bonds is 7. The predicted octanol–water partition coefficient (Wildman–Crippen LogP) is 3.70. The molecular formula is C19H23F2N5OS. The Bertz CT molecular complexity index is 998. The van der Waals surface area contributed by atoms with Gasteiger partial charge in [0.15, 0.2) is 10.9 Å². The molecule has 0 atom stereocenters. The average Bonchev–Trinajstić information content (AvgIpc) is 3.21. The van der Waals surface area contributed by atoms with Crippen LogP contribution in [0.1, 0.15) is 29.5 Å². The van der Waals surface area contributed by atoms with Gasteiger partial charge in [0.25, 0.3) is 5.91 Å². The molecule has 3 rings (SSSR count). The van der Waals surface area contributed by atoms with Crippen LogP contribution in [0.5, 0.6) is 0 Å². The minimum Gasteiger partial charge on any atom is -0.309 e. The number of fused-ring (bicyclic) bond motifs is 1. The minimum absolute atomic E-state index is 0.0759. The fourth-order valence-electron chi connectivity index (χ4n) is 2.99. The number of hydrogen-bond acceptors (Lipinski definition) is 5. The Morgan fingerprint density at radius 1 is 1.21 bits per heavy atom. The molecule has 2 aromatic heterocycles. The summed E-state index contributed by atoms with van der Waals surface area (Å²) in [6.45, 7) is 5.49. The molecule has 150 valence electrons. The lowest BCUT2D eigenvalue weighted by molar-refractivity contribution is 0.0975. The second-order valence-electron chi connectivity index (χ2n) is 6.83. The Hall–Kier alpha value is -2.39. The van der Waals surface area contributed by atoms with Gasteiger partial charge in [0.1, 0.15) is 17.0 Å². The second kappa shape index (κ2) is 8.32. The van der Waals surface area contributed by atoms with E-state index < -0.39 is 11.6 Å². The van der Waals surface area contributed by atoms with Crippen LogP contribution in [0.25, 0.3) is 10.2 Å². The van der Waals surface area contributed by atoms with Crippen molar-refractivity contribution < 1.29 is 13.6 Å². The quantitative estimate of drug-likeness (QED) is 0.599. The summed E-state index contributed by atoms with van der Waals surface area (Å²) >= 11 is 1.11. The molecule has 0 aliphatic heterocycles. The number of aryl methyl sites for hydroxylation is 2. The number of halogens is 2. The van der Waals surface area contributed by atoms with Crippen molar-refractivity contribution in [3.05, 3.63) is 41.2 Å². The van der Waals surface area contributed by atoms with E-state index in [1.54, 1.807) is 10.7 Å². The second-order valence-corrected chi connectivity index (χ2v) is 7.84. The van der Waals surface area contributed by atoms with Crippen molar-refractivity contribution in [1.82, 2.24) is 19.7 Å². The van der Waals surface area contributed by atoms with Crippen molar-refractivity contribution in [2.24, 2.45) is 0 Å². The Morgan fingerprint density at radius 3 is 2.64 bits per heavy atom. The van der Waals surface area contributed by atoms with Crippen LogP contribution < -0.4 is 4.90 Å². The molecule has 0 radical (unpaired) electrons. The van der Waals surface area contributed by atoms with Gasteiger partial charge >= 0.3 is 0 Å². The van der Waals surface area contributed by atoms with Crippen molar-refractivity contribution in [1.29, 1.82) is 0 Å². The van der Waals surface area contributed by atoms with Gasteiger partial charge < -0.3 is 4.90 Å². The Labute approximate surface area is 166 Å². The van der Waals surface area contributed by atoms with Crippen LogP contribution in [-0.2, 0) is 6.54 Å². The Balaban J connectivity index is 2.01. The van der Waals surface area contributed by atoms with Crippen molar-refractivity contribution in [3.63, 3.8) is 0 Å². The van der Waals surface area contributed by atoms with Gasteiger partial charge in [0.2, 0.25) is 0 Å². The van der Waals surface area contributed by atoms with E-state index in [9.17, 15) is 13.6 Å². The summed E-state index contributed by atoms with van der Waals surface area (Å²) in [5, 5.41) is 4.69. The number of anilines is 1. The molecule has 1 aromatic carbocycles. The van der Waals surface area contributed by atoms with Crippen molar-refractivity contribution >= 4 is 32.6 Å². The Morgan fingerprint density at radius 2 is 1.96 bits per heavy atom. The molecule has 9 heteroatoms. The lowest BCUT2D eigenvalue weighted by Gasteiger charge is -2.21. The zero-order chi connectivity index (χ0) is 20.4. The number of carbonyl (C=O) groups is 1. The number of nitrogens with zero attached hydrogens (tertiary/aromatic N) is 5. The van der Waals surface area contributed by atoms with Gasteiger partial charge in [-0.1, -0.05) is 11.3 Å². The van der Waals surface area contributed by atoms with E-state index in [0.717, 1.165) is 29.6 Å². The van der Waals surface area contributed by atoms with Crippen molar-refractivity contribution in [2.75, 3.05) is 32.1 Å². The first kappa shape index (κ1) is 20.3. The first-order valence-electron chi connectivity index (χ1n) is 9.06. The number of benzene rings is 1. The Kier molecular flexibility index (Phi) is 6.04. The topological polar surface area (TPSA) is 54.3 Å². The van der Waals surface area contributed by atoms with Gasteiger partial charge in [0, 0.05) is 19.2 Å². The lowest BCUT2D eigenvalue weighted by atomic mass is 10.3. The van der Waals surface area contributed by atoms with Crippen LogP contribution in [0.4, 0.5) is 13.9 Å². The molecule has 0 bridgehead atoms. The van der Waals surface area contributed by atoms with Crippen LogP contribution >= 0.6 is 11.3 Å². The molecule has 0 spiro atoms. The summed E-state index contributed by atoms with van der Waals surface area (Å²) in [6, 6.07) is 3.78. The molecule has 1 amide bonds. The maximum absolute atomic E-state index is 14.1. The number of aromatic nitrogens is 3. The van der Waals surface area contributed by atoms with Crippen LogP contribution in [0.15, 0.2) is 18.2 Å². The first-order chi connectivity index (χ1) is 13.3. The largest absolute Gasteiger partial charge is 0.309 e. The molecule has 0 saturated carbocycles. The number of carbonyl (C=O) groups excluding carboxylic acids is 1. The van der Waals surface area contributed by atoms with Gasteiger partial charge in [-0.15, -0.1) is 0 Å². The zero-order valence-electron chi connectivity index (χ0n) is 16.4. The normalized spacial score (nSPS) is 11.5. The summed E-state index contributed by atoms with van der Waals surface area (Å²) in [4.78, 5) is 21.2. The molecule has 28 heavy (non-hydrogen) atoms. The van der Waals surface area contributed by atoms with E-state index >= 15 is 0 Å². The molecule has 0 fully saturated rings. The summed E-state index contributed by atoms with van der Waals surface area (Å²) in [5.41, 5.74) is 1.28. The number of amides is 1. The van der Waals surface area contributed by atoms with Gasteiger partial charge in [-0.25, -0.2) is 13.8 Å². The molecule has 2 heterocycles. The first-order valence-corrected chi connectivity index (χ1v) is 9.88. The fraction of sp³-hybridized carbons (Fsp3) is 0.421. The maximum Gasteiger partial charge on any atom is 0.278 e. The van der Waals surface area contributed by atoms with Crippen LogP contribution in [0.3, 0.4) is 0 Å². The minimum atomic E-state index is -0.729.